The van der Waals surface area contributed by atoms with Crippen LogP contribution in [-0.4, -0.2) is 4.99 Å². The van der Waals surface area contributed by atoms with Gasteiger partial charge in [-0.1, -0.05) is 24.4 Å². The number of nitrogens with one attached hydrogen (secondary N) is 1. The minimum absolute atomic E-state index is 0.251. The molecule has 1 N–H and O–H groups in total. The van der Waals surface area contributed by atoms with E-state index in [-0.39, 0.29) is 5.82 Å². The van der Waals surface area contributed by atoms with Crippen molar-refractivity contribution < 1.29 is 13.5 Å². The zero-order valence-corrected chi connectivity index (χ0v) is 13.7. The third-order valence-electron chi connectivity index (χ3n) is 3.44. The van der Waals surface area contributed by atoms with Crippen molar-refractivity contribution in [3.63, 3.8) is 0 Å². The Hall–Kier alpha value is -2.66. The van der Waals surface area contributed by atoms with E-state index in [1.807, 2.05) is 36.4 Å². The minimum Gasteiger partial charge on any atom is -0.489 e. The SMILES string of the molecule is Fc1ccc(COc2ccc(C(=S)NCc3ccco3)cc2)cc1. The molecule has 0 fully saturated rings. The van der Waals surface area contributed by atoms with Gasteiger partial charge in [0.15, 0.2) is 0 Å². The van der Waals surface area contributed by atoms with E-state index in [1.54, 1.807) is 18.4 Å². The second-order valence-corrected chi connectivity index (χ2v) is 5.61. The number of hydrogen-bond acceptors (Lipinski definition) is 3. The summed E-state index contributed by atoms with van der Waals surface area (Å²) >= 11 is 5.36. The van der Waals surface area contributed by atoms with Crippen molar-refractivity contribution in [2.45, 2.75) is 13.2 Å². The lowest BCUT2D eigenvalue weighted by atomic mass is 10.2. The van der Waals surface area contributed by atoms with Gasteiger partial charge in [0.05, 0.1) is 12.8 Å². The number of furan rings is 1. The summed E-state index contributed by atoms with van der Waals surface area (Å²) in [5.41, 5.74) is 1.82. The Morgan fingerprint density at radius 2 is 1.79 bits per heavy atom. The number of halogens is 1. The molecule has 0 radical (unpaired) electrons. The van der Waals surface area contributed by atoms with Crippen LogP contribution in [0.1, 0.15) is 16.9 Å². The van der Waals surface area contributed by atoms with Crippen molar-refractivity contribution >= 4 is 17.2 Å². The molecule has 3 nitrogen and oxygen atoms in total. The maximum atomic E-state index is 12.9. The van der Waals surface area contributed by atoms with Gasteiger partial charge in [0, 0.05) is 5.56 Å². The van der Waals surface area contributed by atoms with Crippen LogP contribution < -0.4 is 10.1 Å². The third-order valence-corrected chi connectivity index (χ3v) is 3.82. The first kappa shape index (κ1) is 16.2. The molecule has 3 aromatic rings. The lowest BCUT2D eigenvalue weighted by molar-refractivity contribution is 0.306. The first-order valence-electron chi connectivity index (χ1n) is 7.48. The Balaban J connectivity index is 1.52. The van der Waals surface area contributed by atoms with Crippen LogP contribution in [0, 0.1) is 5.82 Å². The van der Waals surface area contributed by atoms with Gasteiger partial charge in [-0.25, -0.2) is 4.39 Å². The van der Waals surface area contributed by atoms with Crippen molar-refractivity contribution in [3.8, 4) is 5.75 Å². The Labute approximate surface area is 145 Å². The molecular weight excluding hydrogens is 325 g/mol. The van der Waals surface area contributed by atoms with Crippen molar-refractivity contribution in [2.75, 3.05) is 0 Å². The van der Waals surface area contributed by atoms with E-state index in [9.17, 15) is 4.39 Å². The van der Waals surface area contributed by atoms with Gasteiger partial charge in [0.25, 0.3) is 0 Å². The second-order valence-electron chi connectivity index (χ2n) is 5.20. The van der Waals surface area contributed by atoms with Crippen LogP contribution in [0.15, 0.2) is 71.3 Å². The minimum atomic E-state index is -0.251. The van der Waals surface area contributed by atoms with Gasteiger partial charge < -0.3 is 14.5 Å². The Morgan fingerprint density at radius 1 is 1.04 bits per heavy atom. The quantitative estimate of drug-likeness (QED) is 0.671. The highest BCUT2D eigenvalue weighted by molar-refractivity contribution is 7.80. The van der Waals surface area contributed by atoms with Crippen molar-refractivity contribution in [1.82, 2.24) is 5.32 Å². The van der Waals surface area contributed by atoms with Crippen LogP contribution in [0.2, 0.25) is 0 Å². The number of hydrogen-bond donors (Lipinski definition) is 1. The van der Waals surface area contributed by atoms with Crippen LogP contribution in [0.3, 0.4) is 0 Å². The summed E-state index contributed by atoms with van der Waals surface area (Å²) in [7, 11) is 0. The molecule has 0 saturated carbocycles. The lowest BCUT2D eigenvalue weighted by Gasteiger charge is -2.09. The van der Waals surface area contributed by atoms with E-state index in [0.29, 0.717) is 18.1 Å². The van der Waals surface area contributed by atoms with E-state index in [1.165, 1.54) is 12.1 Å². The molecule has 3 rings (SSSR count). The van der Waals surface area contributed by atoms with Crippen LogP contribution in [0.25, 0.3) is 0 Å². The standard InChI is InChI=1S/C19H16FNO2S/c20-16-7-3-14(4-8-16)13-23-17-9-5-15(6-10-17)19(24)21-12-18-2-1-11-22-18/h1-11H,12-13H2,(H,21,24). The summed E-state index contributed by atoms with van der Waals surface area (Å²) < 4.78 is 23.8. The summed E-state index contributed by atoms with van der Waals surface area (Å²) in [6.45, 7) is 0.940. The van der Waals surface area contributed by atoms with Crippen LogP contribution in [0.4, 0.5) is 4.39 Å². The van der Waals surface area contributed by atoms with Crippen LogP contribution in [0.5, 0.6) is 5.75 Å². The number of thiocarbonyl (C=S) groups is 1. The van der Waals surface area contributed by atoms with E-state index in [0.717, 1.165) is 22.6 Å². The highest BCUT2D eigenvalue weighted by atomic mass is 32.1. The second kappa shape index (κ2) is 7.75. The summed E-state index contributed by atoms with van der Waals surface area (Å²) in [5, 5.41) is 3.15. The molecule has 1 heterocycles. The fourth-order valence-corrected chi connectivity index (χ4v) is 2.34. The molecule has 5 heteroatoms. The first-order valence-corrected chi connectivity index (χ1v) is 7.89. The molecule has 0 unspecified atom stereocenters. The number of ether oxygens (including phenoxy) is 1. The Morgan fingerprint density at radius 3 is 2.46 bits per heavy atom. The number of rotatable bonds is 6. The van der Waals surface area contributed by atoms with Crippen LogP contribution in [-0.2, 0) is 13.2 Å². The zero-order valence-electron chi connectivity index (χ0n) is 12.9. The third kappa shape index (κ3) is 4.43. The van der Waals surface area contributed by atoms with E-state index < -0.39 is 0 Å². The molecule has 0 spiro atoms. The highest BCUT2D eigenvalue weighted by Crippen LogP contribution is 2.15. The van der Waals surface area contributed by atoms with Gasteiger partial charge in [-0.3, -0.25) is 0 Å². The molecule has 0 amide bonds. The summed E-state index contributed by atoms with van der Waals surface area (Å²) in [4.78, 5) is 0.650. The highest BCUT2D eigenvalue weighted by Gasteiger charge is 2.03. The largest absolute Gasteiger partial charge is 0.489 e. The zero-order chi connectivity index (χ0) is 16.8. The Bertz CT molecular complexity index is 783. The topological polar surface area (TPSA) is 34.4 Å². The molecular formula is C19H16FNO2S. The summed E-state index contributed by atoms with van der Waals surface area (Å²) in [5.74, 6) is 1.31. The smallest absolute Gasteiger partial charge is 0.123 e. The monoisotopic (exact) mass is 341 g/mol. The fourth-order valence-electron chi connectivity index (χ4n) is 2.13. The number of benzene rings is 2. The van der Waals surface area contributed by atoms with E-state index in [2.05, 4.69) is 5.32 Å². The molecule has 0 atom stereocenters. The van der Waals surface area contributed by atoms with Gasteiger partial charge in [0.1, 0.15) is 28.9 Å². The lowest BCUT2D eigenvalue weighted by Crippen LogP contribution is -2.21. The molecule has 24 heavy (non-hydrogen) atoms. The summed E-state index contributed by atoms with van der Waals surface area (Å²) in [6, 6.07) is 17.5. The van der Waals surface area contributed by atoms with Gasteiger partial charge >= 0.3 is 0 Å². The molecule has 2 aromatic carbocycles. The molecule has 0 aliphatic heterocycles. The fraction of sp³-hybridized carbons (Fsp3) is 0.105. The normalized spacial score (nSPS) is 10.4. The molecule has 0 aliphatic rings. The molecule has 0 bridgehead atoms. The maximum Gasteiger partial charge on any atom is 0.123 e. The Kier molecular flexibility index (Phi) is 5.23. The first-order chi connectivity index (χ1) is 11.7. The molecule has 0 aliphatic carbocycles. The van der Waals surface area contributed by atoms with Gasteiger partial charge in [0.2, 0.25) is 0 Å². The maximum absolute atomic E-state index is 12.9. The van der Waals surface area contributed by atoms with Crippen LogP contribution >= 0.6 is 12.2 Å². The van der Waals surface area contributed by atoms with Gasteiger partial charge in [-0.15, -0.1) is 0 Å². The van der Waals surface area contributed by atoms with E-state index in [4.69, 9.17) is 21.4 Å². The summed E-state index contributed by atoms with van der Waals surface area (Å²) in [6.07, 6.45) is 1.63. The molecule has 122 valence electrons. The van der Waals surface area contributed by atoms with Crippen molar-refractivity contribution in [1.29, 1.82) is 0 Å². The van der Waals surface area contributed by atoms with E-state index >= 15 is 0 Å². The predicted octanol–water partition coefficient (Wildman–Crippen LogP) is 4.46. The predicted molar refractivity (Wildman–Crippen MR) is 94.4 cm³/mol. The molecule has 1 aromatic heterocycles. The average molecular weight is 341 g/mol. The molecule has 0 saturated heterocycles. The average Bonchev–Trinajstić information content (AvgIpc) is 3.13. The van der Waals surface area contributed by atoms with Gasteiger partial charge in [-0.05, 0) is 54.1 Å². The van der Waals surface area contributed by atoms with Crippen molar-refractivity contribution in [3.05, 3.63) is 89.6 Å². The van der Waals surface area contributed by atoms with Crippen molar-refractivity contribution in [2.24, 2.45) is 0 Å². The van der Waals surface area contributed by atoms with Gasteiger partial charge in [-0.2, -0.15) is 0 Å².